The summed E-state index contributed by atoms with van der Waals surface area (Å²) in [6, 6.07) is 14.2. The third kappa shape index (κ3) is 6.95. The fourth-order valence-corrected chi connectivity index (χ4v) is 2.28. The van der Waals surface area contributed by atoms with Crippen LogP contribution in [-0.2, 0) is 9.59 Å². The first-order chi connectivity index (χ1) is 13.1. The molecule has 140 valence electrons. The van der Waals surface area contributed by atoms with Crippen molar-refractivity contribution in [1.29, 1.82) is 0 Å². The van der Waals surface area contributed by atoms with Gasteiger partial charge in [0.1, 0.15) is 12.4 Å². The van der Waals surface area contributed by atoms with Gasteiger partial charge in [-0.15, -0.1) is 0 Å². The van der Waals surface area contributed by atoms with Crippen LogP contribution in [0.1, 0.15) is 18.4 Å². The maximum atomic E-state index is 11.9. The van der Waals surface area contributed by atoms with Gasteiger partial charge in [-0.1, -0.05) is 48.5 Å². The number of nitrogens with one attached hydrogen (secondary N) is 2. The van der Waals surface area contributed by atoms with Crippen LogP contribution in [0.3, 0.4) is 0 Å². The molecule has 0 aliphatic rings. The molecule has 0 saturated carbocycles. The molecule has 7 heteroatoms. The zero-order valence-corrected chi connectivity index (χ0v) is 15.4. The van der Waals surface area contributed by atoms with E-state index in [-0.39, 0.29) is 24.7 Å². The Morgan fingerprint density at radius 1 is 1.07 bits per heavy atom. The predicted octanol–water partition coefficient (Wildman–Crippen LogP) is 3.77. The number of benzene rings is 2. The highest BCUT2D eigenvalue weighted by molar-refractivity contribution is 6.33. The quantitative estimate of drug-likeness (QED) is 0.391. The number of hydrogen-bond donors (Lipinski definition) is 2. The number of anilines is 1. The molecule has 0 aliphatic heterocycles. The maximum Gasteiger partial charge on any atom is 0.240 e. The minimum Gasteiger partial charge on any atom is -0.489 e. The van der Waals surface area contributed by atoms with Crippen molar-refractivity contribution < 1.29 is 14.3 Å². The van der Waals surface area contributed by atoms with Gasteiger partial charge in [0.15, 0.2) is 0 Å². The maximum absolute atomic E-state index is 11.9. The van der Waals surface area contributed by atoms with E-state index in [1.807, 2.05) is 18.2 Å². The Balaban J connectivity index is 1.79. The van der Waals surface area contributed by atoms with Gasteiger partial charge in [0.2, 0.25) is 11.8 Å². The summed E-state index contributed by atoms with van der Waals surface area (Å²) >= 11 is 5.97. The second-order valence-corrected chi connectivity index (χ2v) is 5.87. The second-order valence-electron chi connectivity index (χ2n) is 5.46. The van der Waals surface area contributed by atoms with Gasteiger partial charge in [0, 0.05) is 18.4 Å². The van der Waals surface area contributed by atoms with Gasteiger partial charge < -0.3 is 10.1 Å². The molecule has 27 heavy (non-hydrogen) atoms. The summed E-state index contributed by atoms with van der Waals surface area (Å²) in [7, 11) is 0. The van der Waals surface area contributed by atoms with E-state index in [0.717, 1.165) is 5.56 Å². The van der Waals surface area contributed by atoms with E-state index < -0.39 is 0 Å². The van der Waals surface area contributed by atoms with Crippen LogP contribution in [-0.4, -0.2) is 24.6 Å². The zero-order chi connectivity index (χ0) is 19.5. The molecular formula is C20H20ClN3O3. The summed E-state index contributed by atoms with van der Waals surface area (Å²) < 4.78 is 5.50. The normalized spacial score (nSPS) is 10.4. The Labute approximate surface area is 162 Å². The average Bonchev–Trinajstić information content (AvgIpc) is 2.67. The fraction of sp³-hybridized carbons (Fsp3) is 0.150. The number of ether oxygens (including phenoxy) is 1. The summed E-state index contributed by atoms with van der Waals surface area (Å²) in [5, 5.41) is 7.01. The lowest BCUT2D eigenvalue weighted by Crippen LogP contribution is -2.20. The molecule has 2 aromatic rings. The molecule has 0 atom stereocenters. The Hall–Kier alpha value is -3.12. The smallest absolute Gasteiger partial charge is 0.240 e. The monoisotopic (exact) mass is 385 g/mol. The number of amides is 2. The van der Waals surface area contributed by atoms with Crippen molar-refractivity contribution in [2.24, 2.45) is 5.10 Å². The summed E-state index contributed by atoms with van der Waals surface area (Å²) in [5.74, 6) is -0.0371. The van der Waals surface area contributed by atoms with Crippen LogP contribution in [0.15, 0.2) is 66.3 Å². The number of hydrogen-bond acceptors (Lipinski definition) is 4. The van der Waals surface area contributed by atoms with E-state index in [0.29, 0.717) is 23.1 Å². The van der Waals surface area contributed by atoms with Gasteiger partial charge in [0.05, 0.1) is 16.9 Å². The highest BCUT2D eigenvalue weighted by Gasteiger charge is 2.08. The van der Waals surface area contributed by atoms with Crippen LogP contribution >= 0.6 is 11.6 Å². The summed E-state index contributed by atoms with van der Waals surface area (Å²) in [6.07, 6.45) is 3.15. The Bertz CT molecular complexity index is 837. The van der Waals surface area contributed by atoms with Gasteiger partial charge in [-0.25, -0.2) is 5.43 Å². The lowest BCUT2D eigenvalue weighted by atomic mass is 10.2. The summed E-state index contributed by atoms with van der Waals surface area (Å²) in [6.45, 7) is 3.97. The predicted molar refractivity (Wildman–Crippen MR) is 107 cm³/mol. The molecule has 2 rings (SSSR count). The molecule has 0 heterocycles. The minimum absolute atomic E-state index is 0.00222. The van der Waals surface area contributed by atoms with Gasteiger partial charge >= 0.3 is 0 Å². The second kappa shape index (κ2) is 10.8. The van der Waals surface area contributed by atoms with E-state index in [9.17, 15) is 9.59 Å². The number of halogens is 1. The molecular weight excluding hydrogens is 366 g/mol. The molecule has 0 aliphatic carbocycles. The van der Waals surface area contributed by atoms with Crippen molar-refractivity contribution in [3.8, 4) is 5.75 Å². The first-order valence-electron chi connectivity index (χ1n) is 8.29. The number of carbonyl (C=O) groups excluding carboxylic acids is 2. The SMILES string of the molecule is C=CCOc1ccccc1/C=N/NC(=O)CCC(=O)Nc1ccccc1Cl. The van der Waals surface area contributed by atoms with E-state index in [4.69, 9.17) is 16.3 Å². The van der Waals surface area contributed by atoms with E-state index in [1.54, 1.807) is 36.4 Å². The third-order valence-corrected chi connectivity index (χ3v) is 3.73. The Kier molecular flexibility index (Phi) is 8.06. The van der Waals surface area contributed by atoms with Crippen LogP contribution in [0.4, 0.5) is 5.69 Å². The molecule has 0 fully saturated rings. The van der Waals surface area contributed by atoms with Gasteiger partial charge in [-0.3, -0.25) is 9.59 Å². The lowest BCUT2D eigenvalue weighted by Gasteiger charge is -2.07. The highest BCUT2D eigenvalue weighted by Crippen LogP contribution is 2.20. The molecule has 6 nitrogen and oxygen atoms in total. The topological polar surface area (TPSA) is 79.8 Å². The van der Waals surface area contributed by atoms with Gasteiger partial charge in [0.25, 0.3) is 0 Å². The standard InChI is InChI=1S/C20H20ClN3O3/c1-2-13-27-18-10-6-3-7-15(18)14-22-24-20(26)12-11-19(25)23-17-9-5-4-8-16(17)21/h2-10,14H,1,11-13H2,(H,23,25)(H,24,26)/b22-14+. The molecule has 0 bridgehead atoms. The van der Waals surface area contributed by atoms with Gasteiger partial charge in [-0.2, -0.15) is 5.10 Å². The highest BCUT2D eigenvalue weighted by atomic mass is 35.5. The van der Waals surface area contributed by atoms with Crippen molar-refractivity contribution in [2.75, 3.05) is 11.9 Å². The number of rotatable bonds is 9. The number of carbonyl (C=O) groups is 2. The van der Waals surface area contributed by atoms with Crippen molar-refractivity contribution in [3.63, 3.8) is 0 Å². The largest absolute Gasteiger partial charge is 0.489 e. The fourth-order valence-electron chi connectivity index (χ4n) is 2.10. The number of hydrazone groups is 1. The van der Waals surface area contributed by atoms with E-state index in [1.165, 1.54) is 6.21 Å². The zero-order valence-electron chi connectivity index (χ0n) is 14.7. The van der Waals surface area contributed by atoms with Crippen molar-refractivity contribution >= 4 is 35.3 Å². The lowest BCUT2D eigenvalue weighted by molar-refractivity contribution is -0.124. The number of nitrogens with zero attached hydrogens (tertiary/aromatic N) is 1. The van der Waals surface area contributed by atoms with Crippen molar-refractivity contribution in [1.82, 2.24) is 5.43 Å². The molecule has 0 saturated heterocycles. The number of para-hydroxylation sites is 2. The Morgan fingerprint density at radius 2 is 1.78 bits per heavy atom. The van der Waals surface area contributed by atoms with Crippen LogP contribution in [0.2, 0.25) is 5.02 Å². The molecule has 0 aromatic heterocycles. The molecule has 0 unspecified atom stereocenters. The Morgan fingerprint density at radius 3 is 2.56 bits per heavy atom. The van der Waals surface area contributed by atoms with Crippen LogP contribution in [0, 0.1) is 0 Å². The van der Waals surface area contributed by atoms with Crippen molar-refractivity contribution in [2.45, 2.75) is 12.8 Å². The molecule has 2 amide bonds. The van der Waals surface area contributed by atoms with Crippen LogP contribution in [0.5, 0.6) is 5.75 Å². The van der Waals surface area contributed by atoms with Crippen molar-refractivity contribution in [3.05, 3.63) is 71.8 Å². The first-order valence-corrected chi connectivity index (χ1v) is 8.67. The van der Waals surface area contributed by atoms with Crippen LogP contribution < -0.4 is 15.5 Å². The molecule has 0 spiro atoms. The average molecular weight is 386 g/mol. The summed E-state index contributed by atoms with van der Waals surface area (Å²) in [4.78, 5) is 23.7. The first kappa shape index (κ1) is 20.2. The minimum atomic E-state index is -0.370. The van der Waals surface area contributed by atoms with E-state index in [2.05, 4.69) is 22.4 Å². The van der Waals surface area contributed by atoms with Gasteiger partial charge in [-0.05, 0) is 24.3 Å². The summed E-state index contributed by atoms with van der Waals surface area (Å²) in [5.41, 5.74) is 3.63. The third-order valence-electron chi connectivity index (χ3n) is 3.40. The van der Waals surface area contributed by atoms with E-state index >= 15 is 0 Å². The molecule has 2 N–H and O–H groups in total. The molecule has 2 aromatic carbocycles. The van der Waals surface area contributed by atoms with Crippen LogP contribution in [0.25, 0.3) is 0 Å². The molecule has 0 radical (unpaired) electrons.